The van der Waals surface area contributed by atoms with E-state index in [9.17, 15) is 21.6 Å². The molecule has 4 aromatic rings. The zero-order valence-electron chi connectivity index (χ0n) is 29.2. The second-order valence-electron chi connectivity index (χ2n) is 12.6. The molecule has 0 bridgehead atoms. The number of carbonyl (C=O) groups is 1. The molecule has 13 heteroatoms. The van der Waals surface area contributed by atoms with Gasteiger partial charge < -0.3 is 0 Å². The van der Waals surface area contributed by atoms with Crippen molar-refractivity contribution in [2.45, 2.75) is 62.4 Å². The van der Waals surface area contributed by atoms with Gasteiger partial charge in [0, 0.05) is 70.7 Å². The number of carbonyl (C=O) groups excluding carboxylic acids is 1. The van der Waals surface area contributed by atoms with Crippen LogP contribution in [0.5, 0.6) is 0 Å². The van der Waals surface area contributed by atoms with E-state index < -0.39 is 20.0 Å². The van der Waals surface area contributed by atoms with Crippen molar-refractivity contribution in [3.05, 3.63) is 131 Å². The Morgan fingerprint density at radius 3 is 1.39 bits per heavy atom. The average molecular weight is 733 g/mol. The third-order valence-electron chi connectivity index (χ3n) is 8.49. The highest BCUT2D eigenvalue weighted by atomic mass is 32.2. The Hall–Kier alpha value is -4.24. The first-order chi connectivity index (χ1) is 24.4. The van der Waals surface area contributed by atoms with Crippen LogP contribution in [0.4, 0.5) is 0 Å². The van der Waals surface area contributed by atoms with Crippen LogP contribution in [0.3, 0.4) is 0 Å². The molecule has 0 saturated carbocycles. The Labute approximate surface area is 302 Å². The second-order valence-corrected chi connectivity index (χ2v) is 16.0. The molecule has 0 aromatic heterocycles. The molecule has 2 saturated heterocycles. The van der Waals surface area contributed by atoms with Crippen molar-refractivity contribution in [3.8, 4) is 0 Å². The van der Waals surface area contributed by atoms with Gasteiger partial charge in [-0.05, 0) is 49.2 Å². The van der Waals surface area contributed by atoms with Crippen molar-refractivity contribution < 1.29 is 21.6 Å². The zero-order chi connectivity index (χ0) is 36.7. The van der Waals surface area contributed by atoms with Gasteiger partial charge in [-0.3, -0.25) is 20.4 Å². The highest BCUT2D eigenvalue weighted by Crippen LogP contribution is 2.14. The molecule has 2 heterocycles. The number of hydrazone groups is 1. The number of hydrogen-bond donors (Lipinski definition) is 3. The highest BCUT2D eigenvalue weighted by Gasteiger charge is 2.18. The number of hydrogen-bond acceptors (Lipinski definition) is 9. The van der Waals surface area contributed by atoms with Crippen LogP contribution in [0.25, 0.3) is 0 Å². The minimum atomic E-state index is -3.59. The van der Waals surface area contributed by atoms with E-state index in [1.807, 2.05) is 38.1 Å². The summed E-state index contributed by atoms with van der Waals surface area (Å²) in [6.07, 6.45) is 3.02. The lowest BCUT2D eigenvalue weighted by Gasteiger charge is -2.27. The molecule has 2 aliphatic rings. The predicted molar refractivity (Wildman–Crippen MR) is 202 cm³/mol. The van der Waals surface area contributed by atoms with Crippen molar-refractivity contribution >= 4 is 31.5 Å². The van der Waals surface area contributed by atoms with Crippen molar-refractivity contribution in [3.63, 3.8) is 0 Å². The number of aryl methyl sites for hydroxylation is 2. The van der Waals surface area contributed by atoms with Crippen molar-refractivity contribution in [1.29, 1.82) is 0 Å². The van der Waals surface area contributed by atoms with Gasteiger partial charge in [-0.2, -0.15) is 18.4 Å². The zero-order valence-corrected chi connectivity index (χ0v) is 30.9. The van der Waals surface area contributed by atoms with E-state index in [1.165, 1.54) is 23.3 Å². The number of sulfonamides is 2. The molecule has 2 fully saturated rings. The van der Waals surface area contributed by atoms with Gasteiger partial charge in [-0.15, -0.1) is 0 Å². The summed E-state index contributed by atoms with van der Waals surface area (Å²) >= 11 is 0. The van der Waals surface area contributed by atoms with E-state index >= 15 is 0 Å². The van der Waals surface area contributed by atoms with Crippen molar-refractivity contribution in [2.75, 3.05) is 26.2 Å². The number of ketones is 1. The van der Waals surface area contributed by atoms with Gasteiger partial charge in [0.1, 0.15) is 5.78 Å². The Morgan fingerprint density at radius 2 is 0.980 bits per heavy atom. The standard InChI is InChI=1S/C19H23N3O2S.C12H15NO.C7H10N2O2S/c1-16-7-9-19(10-8-16)25(23,24)21-20-18-11-13-22(14-12-18)15-17-5-3-2-4-6-17;14-12-6-8-13(9-7-12)10-11-4-2-1-3-5-11;1-6-2-4-7(5-3-6)12(10,11)9-8/h2-10,21H,11-15H2,1H3;1-5H,6-10H2;2-5,9H,8H2,1H3. The molecule has 51 heavy (non-hydrogen) atoms. The summed E-state index contributed by atoms with van der Waals surface area (Å²) in [6, 6.07) is 34.0. The van der Waals surface area contributed by atoms with E-state index in [0.29, 0.717) is 5.78 Å². The quantitative estimate of drug-likeness (QED) is 0.162. The molecule has 272 valence electrons. The largest absolute Gasteiger partial charge is 0.300 e. The van der Waals surface area contributed by atoms with Crippen molar-refractivity contribution in [1.82, 2.24) is 19.5 Å². The molecule has 0 unspecified atom stereocenters. The molecular weight excluding hydrogens is 685 g/mol. The minimum Gasteiger partial charge on any atom is -0.300 e. The van der Waals surface area contributed by atoms with Crippen LogP contribution in [0.15, 0.2) is 124 Å². The number of benzene rings is 4. The second kappa shape index (κ2) is 19.4. The number of rotatable bonds is 9. The lowest BCUT2D eigenvalue weighted by Crippen LogP contribution is -2.34. The first-order valence-electron chi connectivity index (χ1n) is 16.9. The van der Waals surface area contributed by atoms with Crippen LogP contribution in [-0.2, 0) is 37.9 Å². The predicted octanol–water partition coefficient (Wildman–Crippen LogP) is 4.92. The van der Waals surface area contributed by atoms with Crippen LogP contribution < -0.4 is 15.5 Å². The Bertz CT molecular complexity index is 1900. The minimum absolute atomic E-state index is 0.176. The Morgan fingerprint density at radius 1 is 0.588 bits per heavy atom. The number of hydrazine groups is 1. The molecule has 2 aliphatic heterocycles. The van der Waals surface area contributed by atoms with Gasteiger partial charge in [0.25, 0.3) is 20.0 Å². The molecule has 0 radical (unpaired) electrons. The molecule has 0 spiro atoms. The number of nitrogens with one attached hydrogen (secondary N) is 2. The van der Waals surface area contributed by atoms with Gasteiger partial charge in [-0.1, -0.05) is 96.1 Å². The summed E-state index contributed by atoms with van der Waals surface area (Å²) in [4.78, 5) is 20.3. The molecule has 0 aliphatic carbocycles. The SMILES string of the molecule is Cc1ccc(S(=O)(=O)NN)cc1.Cc1ccc(S(=O)(=O)NN=C2CCN(Cc3ccccc3)CC2)cc1.O=C1CCN(Cc2ccccc2)CC1. The van der Waals surface area contributed by atoms with E-state index in [0.717, 1.165) is 81.8 Å². The maximum Gasteiger partial charge on any atom is 0.276 e. The number of likely N-dealkylation sites (tertiary alicyclic amines) is 2. The van der Waals surface area contributed by atoms with Gasteiger partial charge in [0.15, 0.2) is 0 Å². The molecule has 0 atom stereocenters. The number of Topliss-reactive ketones (excluding diaryl/α,β-unsaturated/α-hetero) is 1. The van der Waals surface area contributed by atoms with Crippen LogP contribution in [0, 0.1) is 13.8 Å². The molecule has 4 N–H and O–H groups in total. The lowest BCUT2D eigenvalue weighted by molar-refractivity contribution is -0.121. The molecule has 0 amide bonds. The lowest BCUT2D eigenvalue weighted by atomic mass is 10.1. The summed E-state index contributed by atoms with van der Waals surface area (Å²) in [7, 11) is -7.08. The maximum absolute atomic E-state index is 12.3. The third kappa shape index (κ3) is 13.4. The first kappa shape index (κ1) is 39.5. The van der Waals surface area contributed by atoms with E-state index in [2.05, 4.69) is 56.1 Å². The topological polar surface area (TPSA) is 154 Å². The van der Waals surface area contributed by atoms with Crippen LogP contribution in [-0.4, -0.2) is 64.3 Å². The summed E-state index contributed by atoms with van der Waals surface area (Å²) < 4.78 is 46.7. The fourth-order valence-corrected chi connectivity index (χ4v) is 6.88. The monoisotopic (exact) mass is 732 g/mol. The van der Waals surface area contributed by atoms with Gasteiger partial charge >= 0.3 is 0 Å². The summed E-state index contributed by atoms with van der Waals surface area (Å²) in [5, 5.41) is 4.15. The van der Waals surface area contributed by atoms with Crippen LogP contribution in [0.1, 0.15) is 47.9 Å². The normalized spacial score (nSPS) is 15.5. The smallest absolute Gasteiger partial charge is 0.276 e. The number of piperidine rings is 2. The van der Waals surface area contributed by atoms with Crippen LogP contribution >= 0.6 is 0 Å². The van der Waals surface area contributed by atoms with Gasteiger partial charge in [-0.25, -0.2) is 13.2 Å². The van der Waals surface area contributed by atoms with Crippen molar-refractivity contribution in [2.24, 2.45) is 10.9 Å². The fourth-order valence-electron chi connectivity index (χ4n) is 5.41. The summed E-state index contributed by atoms with van der Waals surface area (Å²) in [5.74, 6) is 5.25. The first-order valence-corrected chi connectivity index (χ1v) is 19.9. The Balaban J connectivity index is 0.000000189. The van der Waals surface area contributed by atoms with E-state index in [4.69, 9.17) is 5.84 Å². The highest BCUT2D eigenvalue weighted by molar-refractivity contribution is 7.89. The third-order valence-corrected chi connectivity index (χ3v) is 10.9. The number of nitrogens with two attached hydrogens (primary N) is 1. The molecule has 11 nitrogen and oxygen atoms in total. The molecule has 4 aromatic carbocycles. The van der Waals surface area contributed by atoms with Crippen LogP contribution in [0.2, 0.25) is 0 Å². The van der Waals surface area contributed by atoms with Gasteiger partial charge in [0.2, 0.25) is 0 Å². The molecule has 6 rings (SSSR count). The van der Waals surface area contributed by atoms with E-state index in [1.54, 1.807) is 41.2 Å². The molecular formula is C38H48N6O5S2. The summed E-state index contributed by atoms with van der Waals surface area (Å²) in [6.45, 7) is 9.33. The van der Waals surface area contributed by atoms with E-state index in [-0.39, 0.29) is 9.79 Å². The maximum atomic E-state index is 12.3. The fraction of sp³-hybridized carbons (Fsp3) is 0.316. The van der Waals surface area contributed by atoms with Gasteiger partial charge in [0.05, 0.1) is 9.79 Å². The average Bonchev–Trinajstić information content (AvgIpc) is 3.14. The summed E-state index contributed by atoms with van der Waals surface area (Å²) in [5.41, 5.74) is 5.56. The Kier molecular flexibility index (Phi) is 15.0. The number of nitrogens with zero attached hydrogens (tertiary/aromatic N) is 3.